The van der Waals surface area contributed by atoms with Crippen LogP contribution in [0.1, 0.15) is 32.6 Å². The Labute approximate surface area is 102 Å². The normalized spacial score (nSPS) is 12.4. The molecule has 1 amide bonds. The highest BCUT2D eigenvalue weighted by molar-refractivity contribution is 5.88. The number of amides is 1. The molecule has 0 aliphatic carbocycles. The molecule has 0 bridgehead atoms. The summed E-state index contributed by atoms with van der Waals surface area (Å²) >= 11 is 0. The van der Waals surface area contributed by atoms with Crippen LogP contribution in [0.25, 0.3) is 0 Å². The van der Waals surface area contributed by atoms with Gasteiger partial charge in [0.25, 0.3) is 0 Å². The Hall–Kier alpha value is -1.43. The lowest BCUT2D eigenvalue weighted by Crippen LogP contribution is -2.17. The summed E-state index contributed by atoms with van der Waals surface area (Å²) in [7, 11) is 1.74. The van der Waals surface area contributed by atoms with E-state index in [0.29, 0.717) is 24.8 Å². The number of hydrogen-bond donors (Lipinski definition) is 2. The molecule has 0 aliphatic rings. The first-order valence-electron chi connectivity index (χ1n) is 6.01. The van der Waals surface area contributed by atoms with Gasteiger partial charge in [0.05, 0.1) is 0 Å². The molecule has 0 saturated carbocycles. The van der Waals surface area contributed by atoms with Gasteiger partial charge in [-0.3, -0.25) is 10.1 Å². The van der Waals surface area contributed by atoms with Crippen LogP contribution in [-0.2, 0) is 11.8 Å². The predicted octanol–water partition coefficient (Wildman–Crippen LogP) is 0.909. The van der Waals surface area contributed by atoms with Crippen LogP contribution in [-0.4, -0.2) is 27.2 Å². The van der Waals surface area contributed by atoms with E-state index < -0.39 is 0 Å². The minimum atomic E-state index is -0.0171. The third kappa shape index (κ3) is 4.52. The molecule has 0 fully saturated rings. The number of nitrogens with one attached hydrogen (secondary N) is 1. The lowest BCUT2D eigenvalue weighted by atomic mass is 9.96. The van der Waals surface area contributed by atoms with Crippen molar-refractivity contribution in [3.8, 4) is 0 Å². The van der Waals surface area contributed by atoms with E-state index >= 15 is 0 Å². The van der Waals surface area contributed by atoms with Crippen molar-refractivity contribution in [3.63, 3.8) is 0 Å². The van der Waals surface area contributed by atoms with E-state index in [9.17, 15) is 4.79 Å². The number of aryl methyl sites for hydroxylation is 1. The van der Waals surface area contributed by atoms with Crippen molar-refractivity contribution >= 4 is 11.9 Å². The Morgan fingerprint density at radius 2 is 2.35 bits per heavy atom. The number of nitrogens with two attached hydrogens (primary N) is 1. The van der Waals surface area contributed by atoms with Gasteiger partial charge in [-0.2, -0.15) is 10.1 Å². The van der Waals surface area contributed by atoms with Gasteiger partial charge in [-0.25, -0.2) is 4.68 Å². The van der Waals surface area contributed by atoms with Crippen LogP contribution in [0, 0.1) is 5.92 Å². The zero-order chi connectivity index (χ0) is 12.7. The number of rotatable bonds is 7. The van der Waals surface area contributed by atoms with E-state index in [1.165, 1.54) is 11.0 Å². The summed E-state index contributed by atoms with van der Waals surface area (Å²) in [6.07, 6.45) is 4.84. The fourth-order valence-electron chi connectivity index (χ4n) is 1.72. The van der Waals surface area contributed by atoms with Gasteiger partial charge in [0.2, 0.25) is 11.9 Å². The summed E-state index contributed by atoms with van der Waals surface area (Å²) in [5.41, 5.74) is 5.52. The third-order valence-electron chi connectivity index (χ3n) is 2.89. The predicted molar refractivity (Wildman–Crippen MR) is 66.3 cm³/mol. The first kappa shape index (κ1) is 13.6. The average Bonchev–Trinajstić information content (AvgIpc) is 2.70. The SMILES string of the molecule is CCC(CCN)CCC(=O)Nc1ncnn1C. The number of hydrogen-bond acceptors (Lipinski definition) is 4. The second kappa shape index (κ2) is 7.01. The molecule has 96 valence electrons. The molecule has 6 nitrogen and oxygen atoms in total. The average molecular weight is 239 g/mol. The molecule has 3 N–H and O–H groups in total. The monoisotopic (exact) mass is 239 g/mol. The first-order chi connectivity index (χ1) is 8.17. The second-order valence-corrected chi connectivity index (χ2v) is 4.15. The molecule has 1 heterocycles. The summed E-state index contributed by atoms with van der Waals surface area (Å²) in [6, 6.07) is 0. The molecular weight excluding hydrogens is 218 g/mol. The Bertz CT molecular complexity index is 349. The van der Waals surface area contributed by atoms with Crippen molar-refractivity contribution in [1.29, 1.82) is 0 Å². The summed E-state index contributed by atoms with van der Waals surface area (Å²) in [5.74, 6) is 1.00. The topological polar surface area (TPSA) is 85.8 Å². The van der Waals surface area contributed by atoms with Crippen LogP contribution >= 0.6 is 0 Å². The van der Waals surface area contributed by atoms with Crippen molar-refractivity contribution in [2.24, 2.45) is 18.7 Å². The smallest absolute Gasteiger partial charge is 0.227 e. The van der Waals surface area contributed by atoms with Crippen LogP contribution in [0.3, 0.4) is 0 Å². The maximum Gasteiger partial charge on any atom is 0.227 e. The fraction of sp³-hybridized carbons (Fsp3) is 0.727. The van der Waals surface area contributed by atoms with Crippen molar-refractivity contribution in [2.75, 3.05) is 11.9 Å². The van der Waals surface area contributed by atoms with Gasteiger partial charge in [-0.1, -0.05) is 13.3 Å². The molecule has 1 rings (SSSR count). The Morgan fingerprint density at radius 1 is 1.59 bits per heavy atom. The largest absolute Gasteiger partial charge is 0.330 e. The Kier molecular flexibility index (Phi) is 5.62. The minimum absolute atomic E-state index is 0.0171. The van der Waals surface area contributed by atoms with E-state index in [-0.39, 0.29) is 5.91 Å². The molecule has 1 aromatic heterocycles. The third-order valence-corrected chi connectivity index (χ3v) is 2.89. The Morgan fingerprint density at radius 3 is 2.88 bits per heavy atom. The van der Waals surface area contributed by atoms with Crippen molar-refractivity contribution in [2.45, 2.75) is 32.6 Å². The molecule has 17 heavy (non-hydrogen) atoms. The molecule has 0 spiro atoms. The van der Waals surface area contributed by atoms with Gasteiger partial charge < -0.3 is 5.73 Å². The van der Waals surface area contributed by atoms with Crippen LogP contribution < -0.4 is 11.1 Å². The number of aromatic nitrogens is 3. The summed E-state index contributed by atoms with van der Waals surface area (Å²) in [5, 5.41) is 6.62. The van der Waals surface area contributed by atoms with Crippen LogP contribution in [0.2, 0.25) is 0 Å². The second-order valence-electron chi connectivity index (χ2n) is 4.15. The van der Waals surface area contributed by atoms with E-state index in [0.717, 1.165) is 19.3 Å². The summed E-state index contributed by atoms with van der Waals surface area (Å²) in [6.45, 7) is 2.81. The lowest BCUT2D eigenvalue weighted by molar-refractivity contribution is -0.116. The van der Waals surface area contributed by atoms with Crippen molar-refractivity contribution < 1.29 is 4.79 Å². The molecule has 0 radical (unpaired) electrons. The van der Waals surface area contributed by atoms with Crippen molar-refractivity contribution in [3.05, 3.63) is 6.33 Å². The zero-order valence-corrected chi connectivity index (χ0v) is 10.5. The summed E-state index contributed by atoms with van der Waals surface area (Å²) < 4.78 is 1.54. The quantitative estimate of drug-likeness (QED) is 0.740. The maximum atomic E-state index is 11.7. The molecule has 1 aromatic rings. The van der Waals surface area contributed by atoms with Crippen LogP contribution in [0.4, 0.5) is 5.95 Å². The standard InChI is InChI=1S/C11H21N5O/c1-3-9(6-7-12)4-5-10(17)15-11-13-8-14-16(11)2/h8-9H,3-7,12H2,1-2H3,(H,13,14,15,17). The van der Waals surface area contributed by atoms with Gasteiger partial charge >= 0.3 is 0 Å². The van der Waals surface area contributed by atoms with Crippen LogP contribution in [0.15, 0.2) is 6.33 Å². The molecular formula is C11H21N5O. The van der Waals surface area contributed by atoms with Gasteiger partial charge in [0, 0.05) is 13.5 Å². The van der Waals surface area contributed by atoms with Crippen LogP contribution in [0.5, 0.6) is 0 Å². The molecule has 0 saturated heterocycles. The number of nitrogens with zero attached hydrogens (tertiary/aromatic N) is 3. The van der Waals surface area contributed by atoms with Gasteiger partial charge in [-0.05, 0) is 25.3 Å². The number of carbonyl (C=O) groups is 1. The number of carbonyl (C=O) groups excluding carboxylic acids is 1. The van der Waals surface area contributed by atoms with Gasteiger partial charge in [0.15, 0.2) is 0 Å². The highest BCUT2D eigenvalue weighted by atomic mass is 16.1. The molecule has 6 heteroatoms. The molecule has 0 aliphatic heterocycles. The van der Waals surface area contributed by atoms with E-state index in [1.807, 2.05) is 0 Å². The fourth-order valence-corrected chi connectivity index (χ4v) is 1.72. The minimum Gasteiger partial charge on any atom is -0.330 e. The van der Waals surface area contributed by atoms with E-state index in [2.05, 4.69) is 22.3 Å². The van der Waals surface area contributed by atoms with Gasteiger partial charge in [0.1, 0.15) is 6.33 Å². The number of anilines is 1. The zero-order valence-electron chi connectivity index (χ0n) is 10.5. The van der Waals surface area contributed by atoms with E-state index in [1.54, 1.807) is 7.05 Å². The Balaban J connectivity index is 2.32. The summed E-state index contributed by atoms with van der Waals surface area (Å²) in [4.78, 5) is 15.6. The van der Waals surface area contributed by atoms with Crippen molar-refractivity contribution in [1.82, 2.24) is 14.8 Å². The maximum absolute atomic E-state index is 11.7. The molecule has 1 atom stereocenters. The molecule has 1 unspecified atom stereocenters. The lowest BCUT2D eigenvalue weighted by Gasteiger charge is -2.12. The van der Waals surface area contributed by atoms with Gasteiger partial charge in [-0.15, -0.1) is 0 Å². The van der Waals surface area contributed by atoms with E-state index in [4.69, 9.17) is 5.73 Å². The molecule has 0 aromatic carbocycles. The highest BCUT2D eigenvalue weighted by Crippen LogP contribution is 2.14. The first-order valence-corrected chi connectivity index (χ1v) is 6.01. The highest BCUT2D eigenvalue weighted by Gasteiger charge is 2.10.